The van der Waals surface area contributed by atoms with Crippen molar-refractivity contribution in [3.8, 4) is 11.5 Å². The first-order valence-corrected chi connectivity index (χ1v) is 14.1. The molecule has 0 fully saturated rings. The number of hydrogen-bond donors (Lipinski definition) is 0. The van der Waals surface area contributed by atoms with Crippen molar-refractivity contribution in [1.29, 1.82) is 0 Å². The van der Waals surface area contributed by atoms with Crippen molar-refractivity contribution in [1.82, 2.24) is 0 Å². The fourth-order valence-corrected chi connectivity index (χ4v) is 12.1. The quantitative estimate of drug-likeness (QED) is 0.466. The third-order valence-corrected chi connectivity index (χ3v) is 13.6. The van der Waals surface area contributed by atoms with E-state index in [0.29, 0.717) is 11.5 Å². The summed E-state index contributed by atoms with van der Waals surface area (Å²) in [6.07, 6.45) is 13.9. The summed E-state index contributed by atoms with van der Waals surface area (Å²) in [6, 6.07) is 9.09. The van der Waals surface area contributed by atoms with Gasteiger partial charge in [-0.15, -0.1) is 0 Å². The third-order valence-electron chi connectivity index (χ3n) is 5.17. The molecule has 0 aliphatic heterocycles. The van der Waals surface area contributed by atoms with Crippen LogP contribution in [0.15, 0.2) is 79.4 Å². The zero-order chi connectivity index (χ0) is 20.4. The van der Waals surface area contributed by atoms with E-state index in [4.69, 9.17) is 5.63 Å². The van der Waals surface area contributed by atoms with E-state index in [1.165, 1.54) is 24.3 Å². The van der Waals surface area contributed by atoms with Crippen LogP contribution in [0.4, 0.5) is 8.78 Å². The minimum absolute atomic E-state index is 0.297. The van der Waals surface area contributed by atoms with Gasteiger partial charge in [-0.1, -0.05) is 0 Å². The van der Waals surface area contributed by atoms with Gasteiger partial charge in [-0.25, -0.2) is 0 Å². The predicted octanol–water partition coefficient (Wildman–Crippen LogP) is 6.71. The molecule has 5 heteroatoms. The van der Waals surface area contributed by atoms with E-state index in [0.717, 1.165) is 30.5 Å². The molecule has 2 aliphatic carbocycles. The Kier molecular flexibility index (Phi) is 5.69. The van der Waals surface area contributed by atoms with Gasteiger partial charge >= 0.3 is 176 Å². The minimum atomic E-state index is -4.15. The molecule has 0 aromatic heterocycles. The first-order chi connectivity index (χ1) is 14.0. The van der Waals surface area contributed by atoms with Gasteiger partial charge in [0.2, 0.25) is 0 Å². The van der Waals surface area contributed by atoms with Gasteiger partial charge in [0.25, 0.3) is 0 Å². The molecule has 0 atom stereocenters. The van der Waals surface area contributed by atoms with Crippen molar-refractivity contribution in [2.45, 2.75) is 26.7 Å². The Labute approximate surface area is 175 Å². The van der Waals surface area contributed by atoms with Crippen LogP contribution in [-0.2, 0) is 21.1 Å². The summed E-state index contributed by atoms with van der Waals surface area (Å²) >= 11 is -4.15. The Balaban J connectivity index is 1.83. The van der Waals surface area contributed by atoms with Crippen LogP contribution in [0.25, 0.3) is 0 Å². The number of hydrogen-bond acceptors (Lipinski definition) is 2. The molecule has 2 aromatic rings. The summed E-state index contributed by atoms with van der Waals surface area (Å²) in [6.45, 7) is 3.67. The average Bonchev–Trinajstić information content (AvgIpc) is 3.39. The molecular formula is C24H22F2O2Zr. The molecule has 0 saturated heterocycles. The fourth-order valence-electron chi connectivity index (χ4n) is 3.64. The Morgan fingerprint density at radius 2 is 1.17 bits per heavy atom. The molecule has 148 valence electrons. The van der Waals surface area contributed by atoms with Gasteiger partial charge < -0.3 is 0 Å². The maximum absolute atomic E-state index is 13.7. The molecule has 0 N–H and O–H groups in total. The molecule has 0 radical (unpaired) electrons. The van der Waals surface area contributed by atoms with Crippen molar-refractivity contribution in [3.05, 3.63) is 102 Å². The summed E-state index contributed by atoms with van der Waals surface area (Å²) in [5.41, 5.74) is 1.45. The third kappa shape index (κ3) is 4.07. The molecule has 2 aliphatic rings. The molecule has 0 heterocycles. The number of aryl methyl sites for hydroxylation is 2. The van der Waals surface area contributed by atoms with Gasteiger partial charge in [-0.2, -0.15) is 0 Å². The Morgan fingerprint density at radius 3 is 1.52 bits per heavy atom. The van der Waals surface area contributed by atoms with Crippen LogP contribution in [0.3, 0.4) is 0 Å². The molecule has 0 amide bonds. The average molecular weight is 472 g/mol. The fraction of sp³-hybridized carbons (Fsp3) is 0.167. The van der Waals surface area contributed by atoms with E-state index in [1.807, 2.05) is 26.0 Å². The van der Waals surface area contributed by atoms with Crippen molar-refractivity contribution in [3.63, 3.8) is 0 Å². The Hall–Kier alpha value is -2.26. The molecule has 0 unspecified atom stereocenters. The summed E-state index contributed by atoms with van der Waals surface area (Å²) in [7, 11) is 0. The molecule has 2 aromatic carbocycles. The van der Waals surface area contributed by atoms with E-state index in [-0.39, 0.29) is 11.6 Å². The molecule has 29 heavy (non-hydrogen) atoms. The van der Waals surface area contributed by atoms with E-state index >= 15 is 0 Å². The number of benzene rings is 2. The van der Waals surface area contributed by atoms with Gasteiger partial charge in [0, 0.05) is 0 Å². The number of allylic oxidation sites excluding steroid dienone is 8. The van der Waals surface area contributed by atoms with Crippen molar-refractivity contribution in [2.24, 2.45) is 0 Å². The predicted molar refractivity (Wildman–Crippen MR) is 107 cm³/mol. The first-order valence-electron chi connectivity index (χ1n) is 9.60. The van der Waals surface area contributed by atoms with E-state index in [1.54, 1.807) is 12.1 Å². The SMILES string of the molecule is Cc1cc(F)ccc1[O][Zr]([O]c1ccc(F)cc1C)([C]1=CC=CC1)[C]1=CC=CC1. The zero-order valence-corrected chi connectivity index (χ0v) is 18.9. The van der Waals surface area contributed by atoms with Crippen molar-refractivity contribution in [2.75, 3.05) is 0 Å². The molecule has 4 rings (SSSR count). The standard InChI is InChI=1S/2C7H7FO.2C5H5.Zr/c2*1-5-4-6(8)2-3-7(5)9;2*1-2-4-5-3-1;/h2*2-4,9H,1H3;2*1-3H,4H2;/q;;;;+2/p-2. The summed E-state index contributed by atoms with van der Waals surface area (Å²) in [5, 5.41) is 0. The van der Waals surface area contributed by atoms with Gasteiger partial charge in [0.05, 0.1) is 0 Å². The zero-order valence-electron chi connectivity index (χ0n) is 16.4. The Morgan fingerprint density at radius 1 is 0.724 bits per heavy atom. The number of rotatable bonds is 6. The van der Waals surface area contributed by atoms with Crippen LogP contribution in [0.5, 0.6) is 11.5 Å². The molecule has 0 saturated carbocycles. The van der Waals surface area contributed by atoms with Crippen LogP contribution in [0.1, 0.15) is 24.0 Å². The summed E-state index contributed by atoms with van der Waals surface area (Å²) < 4.78 is 43.1. The van der Waals surface area contributed by atoms with Gasteiger partial charge in [0.1, 0.15) is 0 Å². The van der Waals surface area contributed by atoms with E-state index in [9.17, 15) is 8.78 Å². The monoisotopic (exact) mass is 470 g/mol. The first kappa shape index (κ1) is 20.0. The second-order valence-electron chi connectivity index (χ2n) is 7.29. The van der Waals surface area contributed by atoms with Crippen LogP contribution in [-0.4, -0.2) is 0 Å². The van der Waals surface area contributed by atoms with Crippen molar-refractivity contribution < 1.29 is 35.6 Å². The number of halogens is 2. The topological polar surface area (TPSA) is 18.5 Å². The van der Waals surface area contributed by atoms with Crippen molar-refractivity contribution >= 4 is 0 Å². The Bertz CT molecular complexity index is 981. The molecule has 0 spiro atoms. The summed E-state index contributed by atoms with van der Waals surface area (Å²) in [5.74, 6) is 0.661. The second-order valence-corrected chi connectivity index (χ2v) is 14.5. The molecule has 0 bridgehead atoms. The van der Waals surface area contributed by atoms with E-state index < -0.39 is 21.1 Å². The van der Waals surface area contributed by atoms with Crippen LogP contribution >= 0.6 is 0 Å². The van der Waals surface area contributed by atoms with Crippen LogP contribution < -0.4 is 5.63 Å². The van der Waals surface area contributed by atoms with Gasteiger partial charge in [0.15, 0.2) is 0 Å². The summed E-state index contributed by atoms with van der Waals surface area (Å²) in [4.78, 5) is 0. The normalized spacial score (nSPS) is 15.4. The maximum atomic E-state index is 13.7. The molecular weight excluding hydrogens is 449 g/mol. The van der Waals surface area contributed by atoms with Crippen LogP contribution in [0.2, 0.25) is 0 Å². The van der Waals surface area contributed by atoms with Gasteiger partial charge in [-0.05, 0) is 0 Å². The van der Waals surface area contributed by atoms with Gasteiger partial charge in [-0.3, -0.25) is 0 Å². The van der Waals surface area contributed by atoms with E-state index in [2.05, 4.69) is 24.3 Å². The molecule has 2 nitrogen and oxygen atoms in total. The van der Waals surface area contributed by atoms with Crippen LogP contribution in [0, 0.1) is 25.5 Å². The second kappa shape index (κ2) is 8.24.